The zero-order chi connectivity index (χ0) is 13.1. The number of rotatable bonds is 2. The summed E-state index contributed by atoms with van der Waals surface area (Å²) in [5, 5.41) is 3.09. The molecule has 1 fully saturated rings. The van der Waals surface area contributed by atoms with Crippen LogP contribution < -0.4 is 5.32 Å². The van der Waals surface area contributed by atoms with Gasteiger partial charge in [0.15, 0.2) is 0 Å². The molecule has 3 heteroatoms. The summed E-state index contributed by atoms with van der Waals surface area (Å²) in [5.41, 5.74) is 3.33. The average Bonchev–Trinajstić information content (AvgIpc) is 2.85. The van der Waals surface area contributed by atoms with Crippen molar-refractivity contribution in [2.45, 2.75) is 39.5 Å². The van der Waals surface area contributed by atoms with Crippen molar-refractivity contribution in [3.05, 3.63) is 29.3 Å². The zero-order valence-electron chi connectivity index (χ0n) is 11.5. The van der Waals surface area contributed by atoms with E-state index in [1.165, 1.54) is 5.56 Å². The van der Waals surface area contributed by atoms with Crippen LogP contribution in [-0.2, 0) is 0 Å². The minimum Gasteiger partial charge on any atom is -0.325 e. The number of nitrogens with zero attached hydrogens (tertiary/aromatic N) is 1. The normalized spacial score (nSPS) is 15.2. The molecule has 3 nitrogen and oxygen atoms in total. The molecule has 2 rings (SSSR count). The van der Waals surface area contributed by atoms with Crippen molar-refractivity contribution in [3.8, 4) is 0 Å². The largest absolute Gasteiger partial charge is 0.325 e. The molecule has 0 aromatic heterocycles. The highest BCUT2D eigenvalue weighted by Crippen LogP contribution is 2.27. The maximum absolute atomic E-state index is 12.2. The van der Waals surface area contributed by atoms with Crippen LogP contribution in [0.5, 0.6) is 0 Å². The number of nitrogens with one attached hydrogen (secondary N) is 1. The molecule has 1 aromatic rings. The molecule has 1 aliphatic heterocycles. The van der Waals surface area contributed by atoms with Gasteiger partial charge < -0.3 is 10.2 Å². The second-order valence-electron chi connectivity index (χ2n) is 5.32. The average molecular weight is 246 g/mol. The van der Waals surface area contributed by atoms with Crippen molar-refractivity contribution in [2.75, 3.05) is 18.4 Å². The molecular weight excluding hydrogens is 224 g/mol. The summed E-state index contributed by atoms with van der Waals surface area (Å²) in [7, 11) is 0. The number of urea groups is 1. The van der Waals surface area contributed by atoms with Crippen molar-refractivity contribution in [1.29, 1.82) is 0 Å². The number of anilines is 1. The SMILES string of the molecule is Cc1cccc(C(C)C)c1NC(=O)N1CCCC1. The molecule has 1 N–H and O–H groups in total. The van der Waals surface area contributed by atoms with Crippen molar-refractivity contribution >= 4 is 11.7 Å². The van der Waals surface area contributed by atoms with Gasteiger partial charge in [0.05, 0.1) is 0 Å². The summed E-state index contributed by atoms with van der Waals surface area (Å²) < 4.78 is 0. The molecule has 0 bridgehead atoms. The fourth-order valence-electron chi connectivity index (χ4n) is 2.45. The first-order valence-corrected chi connectivity index (χ1v) is 6.75. The van der Waals surface area contributed by atoms with E-state index in [0.717, 1.165) is 37.2 Å². The Kier molecular flexibility index (Phi) is 3.90. The number of amides is 2. The number of hydrogen-bond acceptors (Lipinski definition) is 1. The Bertz CT molecular complexity index is 434. The lowest BCUT2D eigenvalue weighted by Crippen LogP contribution is -2.32. The Morgan fingerprint density at radius 1 is 1.28 bits per heavy atom. The predicted octanol–water partition coefficient (Wildman–Crippen LogP) is 3.75. The summed E-state index contributed by atoms with van der Waals surface area (Å²) in [5.74, 6) is 0.416. The van der Waals surface area contributed by atoms with Crippen LogP contribution in [-0.4, -0.2) is 24.0 Å². The van der Waals surface area contributed by atoms with Crippen LogP contribution in [0.4, 0.5) is 10.5 Å². The molecule has 0 aliphatic carbocycles. The predicted molar refractivity (Wildman–Crippen MR) is 75.1 cm³/mol. The monoisotopic (exact) mass is 246 g/mol. The molecule has 0 radical (unpaired) electrons. The van der Waals surface area contributed by atoms with E-state index < -0.39 is 0 Å². The van der Waals surface area contributed by atoms with E-state index in [4.69, 9.17) is 0 Å². The molecule has 1 aromatic carbocycles. The quantitative estimate of drug-likeness (QED) is 0.847. The third-order valence-electron chi connectivity index (χ3n) is 3.55. The van der Waals surface area contributed by atoms with Gasteiger partial charge in [0.25, 0.3) is 0 Å². The van der Waals surface area contributed by atoms with Gasteiger partial charge in [-0.2, -0.15) is 0 Å². The molecule has 1 saturated heterocycles. The molecule has 98 valence electrons. The van der Waals surface area contributed by atoms with Crippen molar-refractivity contribution in [2.24, 2.45) is 0 Å². The van der Waals surface area contributed by atoms with Gasteiger partial charge in [-0.25, -0.2) is 4.79 Å². The van der Waals surface area contributed by atoms with Gasteiger partial charge in [-0.1, -0.05) is 32.0 Å². The van der Waals surface area contributed by atoms with Crippen LogP contribution in [0.1, 0.15) is 43.7 Å². The molecule has 0 atom stereocenters. The van der Waals surface area contributed by atoms with Crippen molar-refractivity contribution in [3.63, 3.8) is 0 Å². The summed E-state index contributed by atoms with van der Waals surface area (Å²) >= 11 is 0. The number of carbonyl (C=O) groups is 1. The number of hydrogen-bond donors (Lipinski definition) is 1. The highest BCUT2D eigenvalue weighted by molar-refractivity contribution is 5.91. The summed E-state index contributed by atoms with van der Waals surface area (Å²) in [6.45, 7) is 8.12. The summed E-state index contributed by atoms with van der Waals surface area (Å²) in [6, 6.07) is 6.24. The first kappa shape index (κ1) is 12.9. The van der Waals surface area contributed by atoms with Crippen LogP contribution in [0, 0.1) is 6.92 Å². The minimum absolute atomic E-state index is 0.0451. The van der Waals surface area contributed by atoms with E-state index in [-0.39, 0.29) is 6.03 Å². The van der Waals surface area contributed by atoms with Gasteiger partial charge in [-0.3, -0.25) is 0 Å². The highest BCUT2D eigenvalue weighted by Gasteiger charge is 2.19. The Balaban J connectivity index is 2.19. The van der Waals surface area contributed by atoms with Gasteiger partial charge >= 0.3 is 6.03 Å². The van der Waals surface area contributed by atoms with E-state index in [0.29, 0.717) is 5.92 Å². The minimum atomic E-state index is 0.0451. The fraction of sp³-hybridized carbons (Fsp3) is 0.533. The topological polar surface area (TPSA) is 32.3 Å². The standard InChI is InChI=1S/C15H22N2O/c1-11(2)13-8-6-7-12(3)14(13)16-15(18)17-9-4-5-10-17/h6-8,11H,4-5,9-10H2,1-3H3,(H,16,18). The van der Waals surface area contributed by atoms with Gasteiger partial charge in [0.2, 0.25) is 0 Å². The Labute approximate surface area is 109 Å². The Morgan fingerprint density at radius 2 is 1.94 bits per heavy atom. The lowest BCUT2D eigenvalue weighted by molar-refractivity contribution is 0.222. The second kappa shape index (κ2) is 5.42. The molecule has 0 unspecified atom stereocenters. The van der Waals surface area contributed by atoms with Crippen LogP contribution in [0.2, 0.25) is 0 Å². The van der Waals surface area contributed by atoms with E-state index in [2.05, 4.69) is 31.3 Å². The van der Waals surface area contributed by atoms with Crippen molar-refractivity contribution < 1.29 is 4.79 Å². The second-order valence-corrected chi connectivity index (χ2v) is 5.32. The molecule has 0 spiro atoms. The van der Waals surface area contributed by atoms with E-state index in [1.807, 2.05) is 17.9 Å². The number of aryl methyl sites for hydroxylation is 1. The summed E-state index contributed by atoms with van der Waals surface area (Å²) in [6.07, 6.45) is 2.25. The van der Waals surface area contributed by atoms with Crippen LogP contribution in [0.15, 0.2) is 18.2 Å². The van der Waals surface area contributed by atoms with Crippen LogP contribution >= 0.6 is 0 Å². The number of para-hydroxylation sites is 1. The molecule has 1 aliphatic rings. The van der Waals surface area contributed by atoms with Gasteiger partial charge in [0, 0.05) is 18.8 Å². The van der Waals surface area contributed by atoms with Crippen LogP contribution in [0.3, 0.4) is 0 Å². The van der Waals surface area contributed by atoms with E-state index >= 15 is 0 Å². The third-order valence-corrected chi connectivity index (χ3v) is 3.55. The smallest absolute Gasteiger partial charge is 0.321 e. The lowest BCUT2D eigenvalue weighted by Gasteiger charge is -2.20. The van der Waals surface area contributed by atoms with Crippen LogP contribution in [0.25, 0.3) is 0 Å². The molecular formula is C15H22N2O. The van der Waals surface area contributed by atoms with Crippen molar-refractivity contribution in [1.82, 2.24) is 4.90 Å². The number of likely N-dealkylation sites (tertiary alicyclic amines) is 1. The summed E-state index contributed by atoms with van der Waals surface area (Å²) in [4.78, 5) is 14.1. The number of benzene rings is 1. The van der Waals surface area contributed by atoms with E-state index in [9.17, 15) is 4.79 Å². The number of carbonyl (C=O) groups excluding carboxylic acids is 1. The van der Waals surface area contributed by atoms with Gasteiger partial charge in [-0.15, -0.1) is 0 Å². The maximum Gasteiger partial charge on any atom is 0.321 e. The third kappa shape index (κ3) is 2.66. The Morgan fingerprint density at radius 3 is 2.56 bits per heavy atom. The van der Waals surface area contributed by atoms with Gasteiger partial charge in [0.1, 0.15) is 0 Å². The molecule has 2 amide bonds. The van der Waals surface area contributed by atoms with E-state index in [1.54, 1.807) is 0 Å². The zero-order valence-corrected chi connectivity index (χ0v) is 11.5. The molecule has 18 heavy (non-hydrogen) atoms. The highest BCUT2D eigenvalue weighted by atomic mass is 16.2. The van der Waals surface area contributed by atoms with Gasteiger partial charge in [-0.05, 0) is 36.8 Å². The molecule has 0 saturated carbocycles. The Hall–Kier alpha value is -1.51. The molecule has 1 heterocycles. The first-order chi connectivity index (χ1) is 8.59. The fourth-order valence-corrected chi connectivity index (χ4v) is 2.45. The first-order valence-electron chi connectivity index (χ1n) is 6.75. The lowest BCUT2D eigenvalue weighted by atomic mass is 9.98. The maximum atomic E-state index is 12.2.